The molecule has 2 fully saturated rings. The highest BCUT2D eigenvalue weighted by Gasteiger charge is 2.40. The summed E-state index contributed by atoms with van der Waals surface area (Å²) in [5.74, 6) is -0.910. The van der Waals surface area contributed by atoms with E-state index >= 15 is 0 Å². The molecule has 0 aromatic rings. The zero-order chi connectivity index (χ0) is 14.4. The van der Waals surface area contributed by atoms with Crippen molar-refractivity contribution < 1.29 is 14.7 Å². The highest BCUT2D eigenvalue weighted by molar-refractivity contribution is 5.86. The molecule has 2 rings (SSSR count). The molecule has 2 amide bonds. The molecule has 3 N–H and O–H groups in total. The van der Waals surface area contributed by atoms with Gasteiger partial charge in [0.25, 0.3) is 0 Å². The molecule has 1 saturated heterocycles. The molecule has 2 aliphatic rings. The lowest BCUT2D eigenvalue weighted by molar-refractivity contribution is -0.145. The second kappa shape index (κ2) is 6.92. The van der Waals surface area contributed by atoms with Crippen molar-refractivity contribution in [3.05, 3.63) is 0 Å². The number of carbonyl (C=O) groups excluding carboxylic acids is 1. The second-order valence-electron chi connectivity index (χ2n) is 5.88. The number of rotatable bonds is 5. The molecule has 114 valence electrons. The Kier molecular flexibility index (Phi) is 5.23. The number of hydrogen-bond acceptors (Lipinski definition) is 3. The third kappa shape index (κ3) is 3.85. The monoisotopic (exact) mass is 283 g/mol. The lowest BCUT2D eigenvalue weighted by Crippen LogP contribution is -2.58. The predicted molar refractivity (Wildman–Crippen MR) is 75.7 cm³/mol. The van der Waals surface area contributed by atoms with Crippen LogP contribution in [0.1, 0.15) is 44.9 Å². The van der Waals surface area contributed by atoms with Crippen LogP contribution in [0.3, 0.4) is 0 Å². The average Bonchev–Trinajstić information content (AvgIpc) is 2.93. The van der Waals surface area contributed by atoms with E-state index in [-0.39, 0.29) is 6.03 Å². The van der Waals surface area contributed by atoms with E-state index in [4.69, 9.17) is 0 Å². The quantitative estimate of drug-likeness (QED) is 0.707. The van der Waals surface area contributed by atoms with Crippen molar-refractivity contribution in [3.8, 4) is 0 Å². The van der Waals surface area contributed by atoms with Crippen molar-refractivity contribution in [2.45, 2.75) is 50.5 Å². The Bertz CT molecular complexity index is 348. The van der Waals surface area contributed by atoms with E-state index < -0.39 is 11.5 Å². The number of hydrogen-bond donors (Lipinski definition) is 3. The molecule has 0 aromatic carbocycles. The van der Waals surface area contributed by atoms with Crippen molar-refractivity contribution in [2.24, 2.45) is 0 Å². The number of carboxylic acids is 1. The minimum absolute atomic E-state index is 0.353. The lowest BCUT2D eigenvalue weighted by Gasteiger charge is -2.34. The average molecular weight is 283 g/mol. The third-order valence-electron chi connectivity index (χ3n) is 4.38. The zero-order valence-electron chi connectivity index (χ0n) is 12.0. The molecule has 0 radical (unpaired) electrons. The largest absolute Gasteiger partial charge is 0.480 e. The van der Waals surface area contributed by atoms with E-state index in [0.717, 1.165) is 38.9 Å². The standard InChI is InChI=1S/C14H25N3O3/c18-12(19)14(6-2-1-3-7-14)16-13(20)15-8-11-17-9-4-5-10-17/h1-11H2,(H,18,19)(H2,15,16,20). The van der Waals surface area contributed by atoms with Crippen LogP contribution in [0.15, 0.2) is 0 Å². The zero-order valence-corrected chi connectivity index (χ0v) is 12.0. The molecule has 1 heterocycles. The summed E-state index contributed by atoms with van der Waals surface area (Å²) in [5, 5.41) is 14.9. The highest BCUT2D eigenvalue weighted by Crippen LogP contribution is 2.28. The number of likely N-dealkylation sites (tertiary alicyclic amines) is 1. The minimum Gasteiger partial charge on any atom is -0.480 e. The van der Waals surface area contributed by atoms with Crippen molar-refractivity contribution >= 4 is 12.0 Å². The first kappa shape index (κ1) is 15.1. The molecular formula is C14H25N3O3. The van der Waals surface area contributed by atoms with Gasteiger partial charge >= 0.3 is 12.0 Å². The van der Waals surface area contributed by atoms with Gasteiger partial charge in [0.15, 0.2) is 0 Å². The molecule has 1 aliphatic heterocycles. The van der Waals surface area contributed by atoms with Crippen LogP contribution in [0, 0.1) is 0 Å². The lowest BCUT2D eigenvalue weighted by atomic mass is 9.82. The van der Waals surface area contributed by atoms with Crippen LogP contribution in [0.2, 0.25) is 0 Å². The Morgan fingerprint density at radius 3 is 2.30 bits per heavy atom. The smallest absolute Gasteiger partial charge is 0.329 e. The maximum atomic E-state index is 11.9. The third-order valence-corrected chi connectivity index (χ3v) is 4.38. The van der Waals surface area contributed by atoms with Crippen LogP contribution in [0.4, 0.5) is 4.79 Å². The van der Waals surface area contributed by atoms with Gasteiger partial charge in [-0.05, 0) is 38.8 Å². The Hall–Kier alpha value is -1.30. The molecule has 0 bridgehead atoms. The maximum absolute atomic E-state index is 11.9. The Morgan fingerprint density at radius 2 is 1.70 bits per heavy atom. The highest BCUT2D eigenvalue weighted by atomic mass is 16.4. The molecule has 1 aliphatic carbocycles. The van der Waals surface area contributed by atoms with Gasteiger partial charge in [0, 0.05) is 13.1 Å². The molecule has 0 unspecified atom stereocenters. The summed E-state index contributed by atoms with van der Waals surface area (Å²) < 4.78 is 0. The molecule has 0 spiro atoms. The molecule has 6 heteroatoms. The van der Waals surface area contributed by atoms with Crippen LogP contribution in [0.5, 0.6) is 0 Å². The second-order valence-corrected chi connectivity index (χ2v) is 5.88. The number of nitrogens with one attached hydrogen (secondary N) is 2. The first-order valence-corrected chi connectivity index (χ1v) is 7.64. The van der Waals surface area contributed by atoms with Crippen LogP contribution >= 0.6 is 0 Å². The first-order chi connectivity index (χ1) is 9.62. The van der Waals surface area contributed by atoms with E-state index in [1.54, 1.807) is 0 Å². The van der Waals surface area contributed by atoms with E-state index in [9.17, 15) is 14.7 Å². The molecule has 0 aromatic heterocycles. The predicted octanol–water partition coefficient (Wildman–Crippen LogP) is 1.17. The van der Waals surface area contributed by atoms with Crippen LogP contribution in [-0.2, 0) is 4.79 Å². The summed E-state index contributed by atoms with van der Waals surface area (Å²) in [6.45, 7) is 3.61. The topological polar surface area (TPSA) is 81.7 Å². The number of nitrogens with zero attached hydrogens (tertiary/aromatic N) is 1. The SMILES string of the molecule is O=C(NCCN1CCCC1)NC1(C(=O)O)CCCCC1. The van der Waals surface area contributed by atoms with Crippen LogP contribution in [0.25, 0.3) is 0 Å². The summed E-state index contributed by atoms with van der Waals surface area (Å²) in [6.07, 6.45) is 6.29. The van der Waals surface area contributed by atoms with Crippen molar-refractivity contribution in [2.75, 3.05) is 26.2 Å². The fourth-order valence-corrected chi connectivity index (χ4v) is 3.14. The van der Waals surface area contributed by atoms with Gasteiger partial charge in [-0.2, -0.15) is 0 Å². The molecular weight excluding hydrogens is 258 g/mol. The fourth-order valence-electron chi connectivity index (χ4n) is 3.14. The first-order valence-electron chi connectivity index (χ1n) is 7.64. The van der Waals surface area contributed by atoms with Gasteiger partial charge in [0.1, 0.15) is 5.54 Å². The minimum atomic E-state index is -1.06. The Morgan fingerprint density at radius 1 is 1.05 bits per heavy atom. The number of carbonyl (C=O) groups is 2. The fraction of sp³-hybridized carbons (Fsp3) is 0.857. The van der Waals surface area contributed by atoms with Crippen molar-refractivity contribution in [1.82, 2.24) is 15.5 Å². The van der Waals surface area contributed by atoms with Gasteiger partial charge < -0.3 is 20.6 Å². The van der Waals surface area contributed by atoms with Crippen LogP contribution < -0.4 is 10.6 Å². The number of amides is 2. The maximum Gasteiger partial charge on any atom is 0.329 e. The summed E-state index contributed by atoms with van der Waals surface area (Å²) in [4.78, 5) is 25.6. The van der Waals surface area contributed by atoms with Crippen molar-refractivity contribution in [3.63, 3.8) is 0 Å². The summed E-state index contributed by atoms with van der Waals surface area (Å²) in [5.41, 5.74) is -1.06. The van der Waals surface area contributed by atoms with E-state index in [1.807, 2.05) is 0 Å². The van der Waals surface area contributed by atoms with Gasteiger partial charge in [-0.3, -0.25) is 0 Å². The van der Waals surface area contributed by atoms with E-state index in [1.165, 1.54) is 12.8 Å². The van der Waals surface area contributed by atoms with Gasteiger partial charge in [-0.1, -0.05) is 19.3 Å². The molecule has 20 heavy (non-hydrogen) atoms. The van der Waals surface area contributed by atoms with Gasteiger partial charge in [0.2, 0.25) is 0 Å². The Labute approximate surface area is 119 Å². The van der Waals surface area contributed by atoms with Crippen molar-refractivity contribution in [1.29, 1.82) is 0 Å². The normalized spacial score (nSPS) is 22.4. The van der Waals surface area contributed by atoms with E-state index in [2.05, 4.69) is 15.5 Å². The van der Waals surface area contributed by atoms with Crippen LogP contribution in [-0.4, -0.2) is 53.7 Å². The van der Waals surface area contributed by atoms with Gasteiger partial charge in [-0.25, -0.2) is 9.59 Å². The number of aliphatic carboxylic acids is 1. The number of urea groups is 1. The summed E-state index contributed by atoms with van der Waals surface area (Å²) in [6, 6.07) is -0.353. The summed E-state index contributed by atoms with van der Waals surface area (Å²) >= 11 is 0. The number of carboxylic acid groups (broad SMARTS) is 1. The van der Waals surface area contributed by atoms with Gasteiger partial charge in [0.05, 0.1) is 0 Å². The molecule has 1 saturated carbocycles. The molecule has 0 atom stereocenters. The molecule has 6 nitrogen and oxygen atoms in total. The van der Waals surface area contributed by atoms with E-state index in [0.29, 0.717) is 19.4 Å². The van der Waals surface area contributed by atoms with Gasteiger partial charge in [-0.15, -0.1) is 0 Å². The Balaban J connectivity index is 1.75. The summed E-state index contributed by atoms with van der Waals surface area (Å²) in [7, 11) is 0.